The van der Waals surface area contributed by atoms with E-state index in [4.69, 9.17) is 0 Å². The predicted octanol–water partition coefficient (Wildman–Crippen LogP) is 1.94. The van der Waals surface area contributed by atoms with Gasteiger partial charge in [-0.25, -0.2) is 8.78 Å². The van der Waals surface area contributed by atoms with E-state index < -0.39 is 6.43 Å². The van der Waals surface area contributed by atoms with Gasteiger partial charge < -0.3 is 0 Å². The van der Waals surface area contributed by atoms with Gasteiger partial charge in [0.1, 0.15) is 0 Å². The highest BCUT2D eigenvalue weighted by molar-refractivity contribution is 7.99. The fraction of sp³-hybridized carbons (Fsp3) is 1.00. The highest BCUT2D eigenvalue weighted by Crippen LogP contribution is 2.16. The van der Waals surface area contributed by atoms with Gasteiger partial charge in [-0.05, 0) is 20.1 Å². The van der Waals surface area contributed by atoms with Crippen LogP contribution in [0, 0.1) is 0 Å². The summed E-state index contributed by atoms with van der Waals surface area (Å²) in [4.78, 5) is -0.240. The quantitative estimate of drug-likeness (QED) is 0.645. The van der Waals surface area contributed by atoms with Gasteiger partial charge >= 0.3 is 0 Å². The number of rotatable bonds is 4. The summed E-state index contributed by atoms with van der Waals surface area (Å²) in [5.41, 5.74) is 0. The number of alkyl halides is 2. The van der Waals surface area contributed by atoms with E-state index >= 15 is 0 Å². The van der Waals surface area contributed by atoms with E-state index in [0.29, 0.717) is 0 Å². The standard InChI is InChI=1S/C6H13F2NS/c1-6(2,10-3)9-4-5(7)8/h5,9H,4H2,1-3H3. The van der Waals surface area contributed by atoms with E-state index in [9.17, 15) is 8.78 Å². The molecular weight excluding hydrogens is 156 g/mol. The predicted molar refractivity (Wildman–Crippen MR) is 41.6 cm³/mol. The topological polar surface area (TPSA) is 12.0 Å². The molecule has 4 heteroatoms. The third kappa shape index (κ3) is 4.99. The second-order valence-electron chi connectivity index (χ2n) is 2.49. The molecule has 0 heterocycles. The van der Waals surface area contributed by atoms with Crippen LogP contribution < -0.4 is 5.32 Å². The van der Waals surface area contributed by atoms with Gasteiger partial charge in [0.2, 0.25) is 0 Å². The summed E-state index contributed by atoms with van der Waals surface area (Å²) in [6, 6.07) is 0. The van der Waals surface area contributed by atoms with Crippen LogP contribution in [0.1, 0.15) is 13.8 Å². The van der Waals surface area contributed by atoms with Gasteiger partial charge in [-0.2, -0.15) is 0 Å². The number of thioether (sulfide) groups is 1. The minimum Gasteiger partial charge on any atom is -0.298 e. The molecule has 0 aliphatic carbocycles. The molecule has 0 atom stereocenters. The normalized spacial score (nSPS) is 12.6. The largest absolute Gasteiger partial charge is 0.298 e. The smallest absolute Gasteiger partial charge is 0.250 e. The second kappa shape index (κ2) is 4.13. The van der Waals surface area contributed by atoms with E-state index in [2.05, 4.69) is 5.32 Å². The van der Waals surface area contributed by atoms with Crippen molar-refractivity contribution in [3.05, 3.63) is 0 Å². The van der Waals surface area contributed by atoms with Crippen LogP contribution in [0.4, 0.5) is 8.78 Å². The monoisotopic (exact) mass is 169 g/mol. The van der Waals surface area contributed by atoms with E-state index in [1.54, 1.807) is 0 Å². The van der Waals surface area contributed by atoms with Gasteiger partial charge in [-0.1, -0.05) is 0 Å². The van der Waals surface area contributed by atoms with Gasteiger partial charge in [0.25, 0.3) is 6.43 Å². The first-order valence-electron chi connectivity index (χ1n) is 3.06. The van der Waals surface area contributed by atoms with Crippen LogP contribution in [-0.2, 0) is 0 Å². The molecule has 0 rings (SSSR count). The number of nitrogens with one attached hydrogen (secondary N) is 1. The van der Waals surface area contributed by atoms with Crippen molar-refractivity contribution in [2.75, 3.05) is 12.8 Å². The molecule has 62 valence electrons. The molecule has 0 spiro atoms. The molecule has 1 nitrogen and oxygen atoms in total. The number of hydrogen-bond donors (Lipinski definition) is 1. The fourth-order valence-corrected chi connectivity index (χ4v) is 0.623. The maximum absolute atomic E-state index is 11.6. The summed E-state index contributed by atoms with van der Waals surface area (Å²) < 4.78 is 23.3. The lowest BCUT2D eigenvalue weighted by Crippen LogP contribution is -2.38. The van der Waals surface area contributed by atoms with Crippen molar-refractivity contribution in [3.63, 3.8) is 0 Å². The van der Waals surface area contributed by atoms with Crippen molar-refractivity contribution in [3.8, 4) is 0 Å². The minimum atomic E-state index is -2.26. The molecular formula is C6H13F2NS. The molecule has 0 aliphatic rings. The van der Waals surface area contributed by atoms with Crippen molar-refractivity contribution in [2.45, 2.75) is 25.1 Å². The van der Waals surface area contributed by atoms with Crippen molar-refractivity contribution in [1.29, 1.82) is 0 Å². The summed E-state index contributed by atoms with van der Waals surface area (Å²) in [6.07, 6.45) is -0.371. The lowest BCUT2D eigenvalue weighted by Gasteiger charge is -2.23. The Kier molecular flexibility index (Phi) is 4.20. The molecule has 0 aromatic rings. The van der Waals surface area contributed by atoms with Crippen LogP contribution in [0.3, 0.4) is 0 Å². The van der Waals surface area contributed by atoms with Gasteiger partial charge in [0.05, 0.1) is 11.4 Å². The second-order valence-corrected chi connectivity index (χ2v) is 3.92. The van der Waals surface area contributed by atoms with Crippen molar-refractivity contribution in [1.82, 2.24) is 5.32 Å². The Hall–Kier alpha value is 0.170. The van der Waals surface area contributed by atoms with E-state index in [1.165, 1.54) is 11.8 Å². The van der Waals surface area contributed by atoms with Crippen LogP contribution in [0.25, 0.3) is 0 Å². The summed E-state index contributed by atoms with van der Waals surface area (Å²) >= 11 is 1.52. The van der Waals surface area contributed by atoms with Crippen LogP contribution in [0.2, 0.25) is 0 Å². The van der Waals surface area contributed by atoms with Crippen LogP contribution >= 0.6 is 11.8 Å². The Bertz CT molecular complexity index is 95.7. The Balaban J connectivity index is 3.46. The summed E-state index contributed by atoms with van der Waals surface area (Å²) in [7, 11) is 0. The zero-order chi connectivity index (χ0) is 8.20. The zero-order valence-electron chi connectivity index (χ0n) is 6.45. The molecule has 10 heavy (non-hydrogen) atoms. The van der Waals surface area contributed by atoms with Crippen molar-refractivity contribution < 1.29 is 8.78 Å². The Morgan fingerprint density at radius 1 is 1.50 bits per heavy atom. The van der Waals surface area contributed by atoms with E-state index in [-0.39, 0.29) is 11.4 Å². The molecule has 0 aromatic carbocycles. The highest BCUT2D eigenvalue weighted by Gasteiger charge is 2.16. The van der Waals surface area contributed by atoms with Crippen molar-refractivity contribution >= 4 is 11.8 Å². The molecule has 0 saturated carbocycles. The molecule has 0 aromatic heterocycles. The zero-order valence-corrected chi connectivity index (χ0v) is 7.27. The third-order valence-electron chi connectivity index (χ3n) is 1.19. The van der Waals surface area contributed by atoms with Gasteiger partial charge in [0, 0.05) is 0 Å². The van der Waals surface area contributed by atoms with E-state index in [1.807, 2.05) is 20.1 Å². The van der Waals surface area contributed by atoms with Gasteiger partial charge in [-0.3, -0.25) is 5.32 Å². The Morgan fingerprint density at radius 3 is 2.30 bits per heavy atom. The number of halogens is 2. The first-order valence-corrected chi connectivity index (χ1v) is 4.29. The third-order valence-corrected chi connectivity index (χ3v) is 2.36. The minimum absolute atomic E-state index is 0.228. The Morgan fingerprint density at radius 2 is 2.00 bits per heavy atom. The highest BCUT2D eigenvalue weighted by atomic mass is 32.2. The lowest BCUT2D eigenvalue weighted by molar-refractivity contribution is 0.141. The molecule has 0 fully saturated rings. The molecule has 0 amide bonds. The van der Waals surface area contributed by atoms with Crippen molar-refractivity contribution in [2.24, 2.45) is 0 Å². The SMILES string of the molecule is CSC(C)(C)NCC(F)F. The maximum atomic E-state index is 11.6. The fourth-order valence-electron chi connectivity index (χ4n) is 0.395. The first kappa shape index (κ1) is 10.2. The first-order chi connectivity index (χ1) is 4.48. The molecule has 0 unspecified atom stereocenters. The average molecular weight is 169 g/mol. The average Bonchev–Trinajstić information content (AvgIpc) is 1.85. The van der Waals surface area contributed by atoms with Crippen LogP contribution in [0.5, 0.6) is 0 Å². The maximum Gasteiger partial charge on any atom is 0.250 e. The summed E-state index contributed by atoms with van der Waals surface area (Å²) in [5, 5.41) is 2.72. The van der Waals surface area contributed by atoms with Crippen LogP contribution in [0.15, 0.2) is 0 Å². The lowest BCUT2D eigenvalue weighted by atomic mass is 10.4. The van der Waals surface area contributed by atoms with Crippen LogP contribution in [-0.4, -0.2) is 24.1 Å². The summed E-state index contributed by atoms with van der Waals surface area (Å²) in [6.45, 7) is 3.52. The van der Waals surface area contributed by atoms with Gasteiger partial charge in [-0.15, -0.1) is 11.8 Å². The molecule has 0 aliphatic heterocycles. The van der Waals surface area contributed by atoms with Gasteiger partial charge in [0.15, 0.2) is 0 Å². The number of hydrogen-bond acceptors (Lipinski definition) is 2. The Labute approximate surface area is 64.6 Å². The van der Waals surface area contributed by atoms with E-state index in [0.717, 1.165) is 0 Å². The molecule has 0 bridgehead atoms. The molecule has 0 saturated heterocycles. The molecule has 1 N–H and O–H groups in total. The molecule has 0 radical (unpaired) electrons. The summed E-state index contributed by atoms with van der Waals surface area (Å²) in [5.74, 6) is 0.